The van der Waals surface area contributed by atoms with Gasteiger partial charge in [0.15, 0.2) is 0 Å². The fourth-order valence-corrected chi connectivity index (χ4v) is 3.20. The topological polar surface area (TPSA) is 15.3 Å². The number of halogens is 1. The maximum absolute atomic E-state index is 3.64. The van der Waals surface area contributed by atoms with Crippen molar-refractivity contribution in [3.05, 3.63) is 28.2 Å². The third kappa shape index (κ3) is 3.32. The molecule has 1 fully saturated rings. The fraction of sp³-hybridized carbons (Fsp3) is 0.625. The number of hydrogen-bond acceptors (Lipinski definition) is 2. The lowest BCUT2D eigenvalue weighted by Crippen LogP contribution is -2.48. The number of nitrogens with one attached hydrogen (secondary N) is 1. The van der Waals surface area contributed by atoms with E-state index in [0.717, 1.165) is 19.6 Å². The van der Waals surface area contributed by atoms with Crippen molar-refractivity contribution in [2.75, 3.05) is 31.6 Å². The number of aryl methyl sites for hydroxylation is 1. The molecule has 106 valence electrons. The number of nitrogens with zero attached hydrogens (tertiary/aromatic N) is 1. The molecule has 1 atom stereocenters. The molecule has 1 aromatic carbocycles. The monoisotopic (exact) mass is 324 g/mol. The summed E-state index contributed by atoms with van der Waals surface area (Å²) in [5.74, 6) is 0.700. The number of piperidine rings is 1. The highest BCUT2D eigenvalue weighted by Crippen LogP contribution is 2.37. The standard InChI is InChI=1S/C16H25BrN2/c1-12-5-6-14(9-15(12)17)19-8-7-16(2,3)13(11-19)10-18-4/h5-6,9,13,18H,7-8,10-11H2,1-4H3. The van der Waals surface area contributed by atoms with E-state index in [1.54, 1.807) is 0 Å². The summed E-state index contributed by atoms with van der Waals surface area (Å²) in [6.07, 6.45) is 1.25. The van der Waals surface area contributed by atoms with Crippen LogP contribution in [0.3, 0.4) is 0 Å². The van der Waals surface area contributed by atoms with Crippen molar-refractivity contribution < 1.29 is 0 Å². The van der Waals surface area contributed by atoms with Crippen LogP contribution in [0.15, 0.2) is 22.7 Å². The van der Waals surface area contributed by atoms with Crippen molar-refractivity contribution in [1.82, 2.24) is 5.32 Å². The van der Waals surface area contributed by atoms with Crippen LogP contribution < -0.4 is 10.2 Å². The molecule has 2 nitrogen and oxygen atoms in total. The third-order valence-electron chi connectivity index (χ3n) is 4.54. The summed E-state index contributed by atoms with van der Waals surface area (Å²) in [6, 6.07) is 6.70. The first kappa shape index (κ1) is 14.9. The molecule has 0 aliphatic carbocycles. The van der Waals surface area contributed by atoms with Crippen LogP contribution >= 0.6 is 15.9 Å². The second-order valence-electron chi connectivity index (χ2n) is 6.37. The first-order chi connectivity index (χ1) is 8.94. The van der Waals surface area contributed by atoms with Gasteiger partial charge in [-0.3, -0.25) is 0 Å². The number of hydrogen-bond donors (Lipinski definition) is 1. The lowest BCUT2D eigenvalue weighted by Gasteiger charge is -2.45. The molecule has 1 aromatic rings. The lowest BCUT2D eigenvalue weighted by molar-refractivity contribution is 0.169. The van der Waals surface area contributed by atoms with Crippen molar-refractivity contribution in [2.45, 2.75) is 27.2 Å². The van der Waals surface area contributed by atoms with Crippen LogP contribution in [0.4, 0.5) is 5.69 Å². The average molecular weight is 325 g/mol. The molecular weight excluding hydrogens is 300 g/mol. The van der Waals surface area contributed by atoms with Gasteiger partial charge in [-0.05, 0) is 56.0 Å². The summed E-state index contributed by atoms with van der Waals surface area (Å²) in [4.78, 5) is 2.53. The smallest absolute Gasteiger partial charge is 0.0377 e. The van der Waals surface area contributed by atoms with Crippen LogP contribution in [-0.2, 0) is 0 Å². The molecule has 1 heterocycles. The summed E-state index contributed by atoms with van der Waals surface area (Å²) < 4.78 is 1.21. The van der Waals surface area contributed by atoms with Crippen molar-refractivity contribution in [1.29, 1.82) is 0 Å². The van der Waals surface area contributed by atoms with E-state index in [0.29, 0.717) is 11.3 Å². The van der Waals surface area contributed by atoms with E-state index in [4.69, 9.17) is 0 Å². The Hall–Kier alpha value is -0.540. The van der Waals surface area contributed by atoms with Crippen molar-refractivity contribution >= 4 is 21.6 Å². The highest BCUT2D eigenvalue weighted by molar-refractivity contribution is 9.10. The second-order valence-corrected chi connectivity index (χ2v) is 7.23. The molecular formula is C16H25BrN2. The molecule has 1 unspecified atom stereocenters. The minimum Gasteiger partial charge on any atom is -0.371 e. The predicted octanol–water partition coefficient (Wildman–Crippen LogP) is 3.83. The fourth-order valence-electron chi connectivity index (χ4n) is 2.83. The highest BCUT2D eigenvalue weighted by atomic mass is 79.9. The SMILES string of the molecule is CNCC1CN(c2ccc(C)c(Br)c2)CCC1(C)C. The Morgan fingerprint density at radius 2 is 2.16 bits per heavy atom. The Labute approximate surface area is 125 Å². The van der Waals surface area contributed by atoms with Crippen molar-refractivity contribution in [3.8, 4) is 0 Å². The molecule has 0 bridgehead atoms. The van der Waals surface area contributed by atoms with E-state index in [2.05, 4.69) is 72.2 Å². The molecule has 0 radical (unpaired) electrons. The van der Waals surface area contributed by atoms with Gasteiger partial charge < -0.3 is 10.2 Å². The summed E-state index contributed by atoms with van der Waals surface area (Å²) in [7, 11) is 2.05. The molecule has 0 spiro atoms. The quantitative estimate of drug-likeness (QED) is 0.909. The molecule has 1 N–H and O–H groups in total. The number of anilines is 1. The van der Waals surface area contributed by atoms with Gasteiger partial charge in [-0.1, -0.05) is 35.8 Å². The first-order valence-corrected chi connectivity index (χ1v) is 7.89. The lowest BCUT2D eigenvalue weighted by atomic mass is 9.73. The molecule has 0 amide bonds. The maximum Gasteiger partial charge on any atom is 0.0377 e. The Bertz CT molecular complexity index is 442. The largest absolute Gasteiger partial charge is 0.371 e. The van der Waals surface area contributed by atoms with E-state index in [9.17, 15) is 0 Å². The van der Waals surface area contributed by atoms with Gasteiger partial charge in [0.25, 0.3) is 0 Å². The van der Waals surface area contributed by atoms with E-state index in [1.807, 2.05) is 0 Å². The number of benzene rings is 1. The van der Waals surface area contributed by atoms with Crippen LogP contribution in [0, 0.1) is 18.3 Å². The summed E-state index contributed by atoms with van der Waals surface area (Å²) in [5.41, 5.74) is 3.07. The Balaban J connectivity index is 2.16. The van der Waals surface area contributed by atoms with Gasteiger partial charge in [0.2, 0.25) is 0 Å². The van der Waals surface area contributed by atoms with Crippen LogP contribution in [0.25, 0.3) is 0 Å². The third-order valence-corrected chi connectivity index (χ3v) is 5.40. The summed E-state index contributed by atoms with van der Waals surface area (Å²) >= 11 is 3.64. The predicted molar refractivity (Wildman–Crippen MR) is 86.9 cm³/mol. The van der Waals surface area contributed by atoms with Gasteiger partial charge in [-0.2, -0.15) is 0 Å². The minimum atomic E-state index is 0.432. The maximum atomic E-state index is 3.64. The second kappa shape index (κ2) is 5.84. The molecule has 1 aliphatic rings. The van der Waals surface area contributed by atoms with Gasteiger partial charge in [0.05, 0.1) is 0 Å². The van der Waals surface area contributed by atoms with Crippen LogP contribution in [0.1, 0.15) is 25.8 Å². The molecule has 1 aliphatic heterocycles. The zero-order valence-corrected chi connectivity index (χ0v) is 14.0. The van der Waals surface area contributed by atoms with E-state index >= 15 is 0 Å². The Kier molecular flexibility index (Phi) is 4.57. The number of rotatable bonds is 3. The minimum absolute atomic E-state index is 0.432. The van der Waals surface area contributed by atoms with Crippen molar-refractivity contribution in [3.63, 3.8) is 0 Å². The van der Waals surface area contributed by atoms with Gasteiger partial charge in [0, 0.05) is 23.2 Å². The molecule has 19 heavy (non-hydrogen) atoms. The van der Waals surface area contributed by atoms with Crippen LogP contribution in [0.2, 0.25) is 0 Å². The zero-order chi connectivity index (χ0) is 14.0. The van der Waals surface area contributed by atoms with E-state index in [-0.39, 0.29) is 0 Å². The molecule has 2 rings (SSSR count). The molecule has 0 aromatic heterocycles. The van der Waals surface area contributed by atoms with Gasteiger partial charge in [0.1, 0.15) is 0 Å². The normalized spacial score (nSPS) is 22.6. The van der Waals surface area contributed by atoms with Crippen LogP contribution in [-0.4, -0.2) is 26.7 Å². The summed E-state index contributed by atoms with van der Waals surface area (Å²) in [6.45, 7) is 10.3. The highest BCUT2D eigenvalue weighted by Gasteiger charge is 2.35. The van der Waals surface area contributed by atoms with Gasteiger partial charge in [-0.25, -0.2) is 0 Å². The van der Waals surface area contributed by atoms with Gasteiger partial charge in [-0.15, -0.1) is 0 Å². The van der Waals surface area contributed by atoms with E-state index < -0.39 is 0 Å². The van der Waals surface area contributed by atoms with E-state index in [1.165, 1.54) is 22.1 Å². The Morgan fingerprint density at radius 1 is 1.42 bits per heavy atom. The van der Waals surface area contributed by atoms with Crippen molar-refractivity contribution in [2.24, 2.45) is 11.3 Å². The van der Waals surface area contributed by atoms with Crippen LogP contribution in [0.5, 0.6) is 0 Å². The van der Waals surface area contributed by atoms with Gasteiger partial charge >= 0.3 is 0 Å². The Morgan fingerprint density at radius 3 is 2.79 bits per heavy atom. The molecule has 3 heteroatoms. The average Bonchev–Trinajstić information content (AvgIpc) is 2.35. The summed E-state index contributed by atoms with van der Waals surface area (Å²) in [5, 5.41) is 3.35. The first-order valence-electron chi connectivity index (χ1n) is 7.10. The molecule has 0 saturated carbocycles. The molecule has 1 saturated heterocycles. The zero-order valence-electron chi connectivity index (χ0n) is 12.5.